The van der Waals surface area contributed by atoms with Crippen molar-refractivity contribution in [2.75, 3.05) is 0 Å². The number of nitrogens with one attached hydrogen (secondary N) is 1. The first-order valence-electron chi connectivity index (χ1n) is 9.18. The van der Waals surface area contributed by atoms with Crippen molar-refractivity contribution in [3.05, 3.63) is 53.1 Å². The maximum atomic E-state index is 14.1. The van der Waals surface area contributed by atoms with Gasteiger partial charge in [-0.1, -0.05) is 26.0 Å². The van der Waals surface area contributed by atoms with Crippen molar-refractivity contribution in [3.8, 4) is 11.4 Å². The lowest BCUT2D eigenvalue weighted by molar-refractivity contribution is 0.637. The van der Waals surface area contributed by atoms with Crippen LogP contribution in [0.4, 0.5) is 4.39 Å². The van der Waals surface area contributed by atoms with E-state index in [1.165, 1.54) is 11.6 Å². The number of hydrogen-bond donors (Lipinski definition) is 1. The van der Waals surface area contributed by atoms with Gasteiger partial charge in [-0.15, -0.1) is 0 Å². The molecule has 1 aromatic carbocycles. The monoisotopic (exact) mass is 350 g/mol. The van der Waals surface area contributed by atoms with E-state index in [-0.39, 0.29) is 5.82 Å². The van der Waals surface area contributed by atoms with Crippen LogP contribution in [0.1, 0.15) is 49.6 Å². The van der Waals surface area contributed by atoms with Crippen LogP contribution in [0.3, 0.4) is 0 Å². The van der Waals surface area contributed by atoms with Gasteiger partial charge in [-0.3, -0.25) is 0 Å². The van der Waals surface area contributed by atoms with Gasteiger partial charge in [-0.05, 0) is 50.8 Å². The quantitative estimate of drug-likeness (QED) is 0.525. The standard InChI is InChI=1S/C21H23FN4/c1-5-14(6-2)16-10-12(3)25-26-20(13(4)23-21(16)26)18-11-15-8-7-9-17(22)19(15)24-18/h7-11,14,24H,5-6H2,1-4H3. The second-order valence-electron chi connectivity index (χ2n) is 6.92. The van der Waals surface area contributed by atoms with E-state index in [9.17, 15) is 4.39 Å². The Bertz CT molecular complexity index is 1100. The first-order chi connectivity index (χ1) is 12.5. The number of aryl methyl sites for hydroxylation is 2. The SMILES string of the molecule is CCC(CC)c1cc(C)nn2c(-c3cc4cccc(F)c4[nH]3)c(C)nc12. The Kier molecular flexibility index (Phi) is 4.02. The minimum absolute atomic E-state index is 0.248. The first-order valence-corrected chi connectivity index (χ1v) is 9.18. The van der Waals surface area contributed by atoms with Gasteiger partial charge >= 0.3 is 0 Å². The zero-order valence-electron chi connectivity index (χ0n) is 15.6. The number of nitrogens with zero attached hydrogens (tertiary/aromatic N) is 3. The van der Waals surface area contributed by atoms with Crippen molar-refractivity contribution in [3.63, 3.8) is 0 Å². The van der Waals surface area contributed by atoms with Gasteiger partial charge in [-0.2, -0.15) is 5.10 Å². The van der Waals surface area contributed by atoms with E-state index < -0.39 is 0 Å². The average Bonchev–Trinajstić information content (AvgIpc) is 3.17. The van der Waals surface area contributed by atoms with Crippen LogP contribution in [-0.4, -0.2) is 19.6 Å². The molecule has 0 atom stereocenters. The molecule has 0 aliphatic rings. The van der Waals surface area contributed by atoms with Crippen molar-refractivity contribution < 1.29 is 4.39 Å². The first kappa shape index (κ1) is 16.8. The Morgan fingerprint density at radius 1 is 1.15 bits per heavy atom. The fourth-order valence-corrected chi connectivity index (χ4v) is 3.86. The van der Waals surface area contributed by atoms with Crippen molar-refractivity contribution in [1.29, 1.82) is 0 Å². The molecule has 4 nitrogen and oxygen atoms in total. The molecule has 4 rings (SSSR count). The van der Waals surface area contributed by atoms with Crippen LogP contribution in [0.2, 0.25) is 0 Å². The summed E-state index contributed by atoms with van der Waals surface area (Å²) in [5.74, 6) is 0.205. The summed E-state index contributed by atoms with van der Waals surface area (Å²) in [6.45, 7) is 8.41. The van der Waals surface area contributed by atoms with E-state index in [0.717, 1.165) is 46.7 Å². The predicted molar refractivity (Wildman–Crippen MR) is 103 cm³/mol. The zero-order chi connectivity index (χ0) is 18.4. The molecule has 1 N–H and O–H groups in total. The highest BCUT2D eigenvalue weighted by atomic mass is 19.1. The van der Waals surface area contributed by atoms with Gasteiger partial charge < -0.3 is 4.98 Å². The summed E-state index contributed by atoms with van der Waals surface area (Å²) in [7, 11) is 0. The summed E-state index contributed by atoms with van der Waals surface area (Å²) < 4.78 is 16.0. The van der Waals surface area contributed by atoms with E-state index in [1.54, 1.807) is 6.07 Å². The summed E-state index contributed by atoms with van der Waals surface area (Å²) in [5, 5.41) is 5.57. The Labute approximate surface area is 152 Å². The number of para-hydroxylation sites is 1. The lowest BCUT2D eigenvalue weighted by Crippen LogP contribution is -2.05. The number of rotatable bonds is 4. The molecule has 0 radical (unpaired) electrons. The van der Waals surface area contributed by atoms with Gasteiger partial charge in [-0.25, -0.2) is 13.9 Å². The minimum atomic E-state index is -0.248. The molecule has 0 unspecified atom stereocenters. The molecule has 3 heterocycles. The molecular weight excluding hydrogens is 327 g/mol. The molecule has 0 saturated heterocycles. The summed E-state index contributed by atoms with van der Waals surface area (Å²) in [5.41, 5.74) is 6.23. The fraction of sp³-hybridized carbons (Fsp3) is 0.333. The van der Waals surface area contributed by atoms with Crippen LogP contribution >= 0.6 is 0 Å². The Balaban J connectivity index is 2.01. The molecule has 0 spiro atoms. The number of hydrogen-bond acceptors (Lipinski definition) is 2. The van der Waals surface area contributed by atoms with Crippen LogP contribution in [0.5, 0.6) is 0 Å². The smallest absolute Gasteiger partial charge is 0.158 e. The lowest BCUT2D eigenvalue weighted by atomic mass is 9.95. The van der Waals surface area contributed by atoms with E-state index in [4.69, 9.17) is 10.1 Å². The fourth-order valence-electron chi connectivity index (χ4n) is 3.86. The number of imidazole rings is 1. The molecule has 26 heavy (non-hydrogen) atoms. The largest absolute Gasteiger partial charge is 0.351 e. The van der Waals surface area contributed by atoms with E-state index in [2.05, 4.69) is 24.9 Å². The van der Waals surface area contributed by atoms with Crippen LogP contribution in [0.25, 0.3) is 27.9 Å². The second-order valence-corrected chi connectivity index (χ2v) is 6.92. The maximum absolute atomic E-state index is 14.1. The normalized spacial score (nSPS) is 11.9. The molecular formula is C21H23FN4. The molecule has 5 heteroatoms. The topological polar surface area (TPSA) is 46.0 Å². The molecule has 3 aromatic heterocycles. The highest BCUT2D eigenvalue weighted by Crippen LogP contribution is 2.32. The molecule has 0 aliphatic heterocycles. The molecule has 0 fully saturated rings. The van der Waals surface area contributed by atoms with E-state index in [0.29, 0.717) is 11.4 Å². The average molecular weight is 350 g/mol. The molecule has 0 aliphatic carbocycles. The minimum Gasteiger partial charge on any atom is -0.351 e. The lowest BCUT2D eigenvalue weighted by Gasteiger charge is -2.14. The molecule has 0 amide bonds. The van der Waals surface area contributed by atoms with Gasteiger partial charge in [0.25, 0.3) is 0 Å². The number of halogens is 1. The number of aromatic amines is 1. The molecule has 4 aromatic rings. The third-order valence-electron chi connectivity index (χ3n) is 5.19. The van der Waals surface area contributed by atoms with Gasteiger partial charge in [0.05, 0.1) is 22.6 Å². The highest BCUT2D eigenvalue weighted by Gasteiger charge is 2.20. The number of benzene rings is 1. The number of H-pyrrole nitrogens is 1. The third-order valence-corrected chi connectivity index (χ3v) is 5.19. The van der Waals surface area contributed by atoms with Crippen LogP contribution in [-0.2, 0) is 0 Å². The Hall–Kier alpha value is -2.69. The van der Waals surface area contributed by atoms with Crippen molar-refractivity contribution in [2.45, 2.75) is 46.5 Å². The van der Waals surface area contributed by atoms with Gasteiger partial charge in [0.15, 0.2) is 5.65 Å². The zero-order valence-corrected chi connectivity index (χ0v) is 15.6. The van der Waals surface area contributed by atoms with Crippen molar-refractivity contribution in [2.24, 2.45) is 0 Å². The van der Waals surface area contributed by atoms with Crippen molar-refractivity contribution >= 4 is 16.6 Å². The van der Waals surface area contributed by atoms with Gasteiger partial charge in [0.1, 0.15) is 11.5 Å². The molecule has 134 valence electrons. The predicted octanol–water partition coefficient (Wildman–Crippen LogP) is 5.54. The third kappa shape index (κ3) is 2.50. The van der Waals surface area contributed by atoms with Crippen LogP contribution in [0, 0.1) is 19.7 Å². The summed E-state index contributed by atoms with van der Waals surface area (Å²) in [6.07, 6.45) is 2.13. The van der Waals surface area contributed by atoms with Crippen LogP contribution < -0.4 is 0 Å². The highest BCUT2D eigenvalue weighted by molar-refractivity contribution is 5.86. The summed E-state index contributed by atoms with van der Waals surface area (Å²) in [6, 6.07) is 9.22. The maximum Gasteiger partial charge on any atom is 0.158 e. The van der Waals surface area contributed by atoms with Crippen LogP contribution in [0.15, 0.2) is 30.3 Å². The van der Waals surface area contributed by atoms with E-state index >= 15 is 0 Å². The molecule has 0 saturated carbocycles. The van der Waals surface area contributed by atoms with Crippen molar-refractivity contribution in [1.82, 2.24) is 19.6 Å². The number of aromatic nitrogens is 4. The Morgan fingerprint density at radius 3 is 2.62 bits per heavy atom. The Morgan fingerprint density at radius 2 is 1.92 bits per heavy atom. The van der Waals surface area contributed by atoms with Gasteiger partial charge in [0, 0.05) is 10.9 Å². The molecule has 0 bridgehead atoms. The van der Waals surface area contributed by atoms with E-state index in [1.807, 2.05) is 30.5 Å². The number of fused-ring (bicyclic) bond motifs is 2. The summed E-state index contributed by atoms with van der Waals surface area (Å²) in [4.78, 5) is 8.05. The summed E-state index contributed by atoms with van der Waals surface area (Å²) >= 11 is 0. The van der Waals surface area contributed by atoms with Gasteiger partial charge in [0.2, 0.25) is 0 Å². The second kappa shape index (κ2) is 6.24.